The maximum Gasteiger partial charge on any atom is 0.255 e. The first-order chi connectivity index (χ1) is 21.2. The summed E-state index contributed by atoms with van der Waals surface area (Å²) in [5, 5.41) is 0. The molecule has 3 aromatic rings. The van der Waals surface area contributed by atoms with E-state index in [2.05, 4.69) is 26.6 Å². The number of alkyl halides is 2. The number of carbonyl (C=O) groups excluding carboxylic acids is 1. The summed E-state index contributed by atoms with van der Waals surface area (Å²) in [6, 6.07) is 10.6. The van der Waals surface area contributed by atoms with E-state index >= 15 is 0 Å². The summed E-state index contributed by atoms with van der Waals surface area (Å²) in [6.45, 7) is 12.0. The predicted molar refractivity (Wildman–Crippen MR) is 168 cm³/mol. The lowest BCUT2D eigenvalue weighted by Gasteiger charge is -2.37. The van der Waals surface area contributed by atoms with Crippen LogP contribution >= 0.6 is 0 Å². The van der Waals surface area contributed by atoms with E-state index in [9.17, 15) is 18.0 Å². The van der Waals surface area contributed by atoms with Gasteiger partial charge in [-0.15, -0.1) is 0 Å². The zero-order valence-corrected chi connectivity index (χ0v) is 26.1. The summed E-state index contributed by atoms with van der Waals surface area (Å²) in [6.07, 6.45) is 3.16. The van der Waals surface area contributed by atoms with Gasteiger partial charge in [-0.3, -0.25) is 4.79 Å². The number of likely N-dealkylation sites (tertiary alicyclic amines) is 1. The summed E-state index contributed by atoms with van der Waals surface area (Å²) in [4.78, 5) is 35.6. The van der Waals surface area contributed by atoms with Crippen molar-refractivity contribution in [3.63, 3.8) is 0 Å². The minimum absolute atomic E-state index is 0.0545. The second-order valence-electron chi connectivity index (χ2n) is 11.6. The molecule has 1 aromatic carbocycles. The van der Waals surface area contributed by atoms with E-state index in [4.69, 9.17) is 9.97 Å². The van der Waals surface area contributed by atoms with Gasteiger partial charge in [-0.05, 0) is 62.6 Å². The molecule has 8 nitrogen and oxygen atoms in total. The molecule has 11 heteroatoms. The lowest BCUT2D eigenvalue weighted by Crippen LogP contribution is -2.47. The van der Waals surface area contributed by atoms with Gasteiger partial charge >= 0.3 is 0 Å². The number of amides is 1. The monoisotopic (exact) mass is 609 g/mol. The van der Waals surface area contributed by atoms with E-state index < -0.39 is 5.92 Å². The molecule has 0 aliphatic carbocycles. The molecule has 5 heterocycles. The molecule has 44 heavy (non-hydrogen) atoms. The number of pyridine rings is 1. The van der Waals surface area contributed by atoms with Crippen molar-refractivity contribution in [3.05, 3.63) is 59.5 Å². The molecule has 3 fully saturated rings. The number of hydrogen-bond acceptors (Lipinski definition) is 7. The summed E-state index contributed by atoms with van der Waals surface area (Å²) in [7, 11) is 0. The van der Waals surface area contributed by atoms with Gasteiger partial charge in [0, 0.05) is 82.5 Å². The fourth-order valence-electron chi connectivity index (χ4n) is 6.09. The maximum absolute atomic E-state index is 13.6. The van der Waals surface area contributed by atoms with E-state index in [1.165, 1.54) is 17.0 Å². The lowest BCUT2D eigenvalue weighted by atomic mass is 10.1. The number of halogens is 3. The van der Waals surface area contributed by atoms with Crippen molar-refractivity contribution in [1.82, 2.24) is 19.9 Å². The van der Waals surface area contributed by atoms with E-state index in [0.29, 0.717) is 30.6 Å². The summed E-state index contributed by atoms with van der Waals surface area (Å²) in [5.41, 5.74) is 2.92. The third-order valence-corrected chi connectivity index (χ3v) is 8.63. The number of rotatable bonds is 5. The van der Waals surface area contributed by atoms with E-state index in [-0.39, 0.29) is 37.7 Å². The third kappa shape index (κ3) is 6.92. The number of carbonyl (C=O) groups is 1. The molecule has 3 aliphatic rings. The van der Waals surface area contributed by atoms with Gasteiger partial charge < -0.3 is 19.6 Å². The zero-order valence-electron chi connectivity index (χ0n) is 26.1. The number of piperidine rings is 1. The predicted octanol–water partition coefficient (Wildman–Crippen LogP) is 6.20. The van der Waals surface area contributed by atoms with E-state index in [0.717, 1.165) is 60.9 Å². The van der Waals surface area contributed by atoms with Crippen LogP contribution in [0.25, 0.3) is 11.3 Å². The molecule has 6 rings (SSSR count). The molecular formula is C33H42F3N7O. The van der Waals surface area contributed by atoms with Gasteiger partial charge in [-0.2, -0.15) is 4.98 Å². The molecule has 236 valence electrons. The highest BCUT2D eigenvalue weighted by Crippen LogP contribution is 2.31. The molecule has 3 saturated heterocycles. The molecule has 0 radical (unpaired) electrons. The average molecular weight is 610 g/mol. The minimum atomic E-state index is -2.70. The summed E-state index contributed by atoms with van der Waals surface area (Å²) >= 11 is 0. The zero-order chi connectivity index (χ0) is 31.4. The van der Waals surface area contributed by atoms with Crippen molar-refractivity contribution in [2.45, 2.75) is 65.3 Å². The van der Waals surface area contributed by atoms with Gasteiger partial charge in [0.2, 0.25) is 5.95 Å². The molecule has 0 N–H and O–H groups in total. The Balaban J connectivity index is 0.00000188. The smallest absolute Gasteiger partial charge is 0.255 e. The fourth-order valence-corrected chi connectivity index (χ4v) is 6.09. The van der Waals surface area contributed by atoms with Gasteiger partial charge in [0.1, 0.15) is 17.5 Å². The first kappa shape index (κ1) is 31.5. The molecule has 1 atom stereocenters. The van der Waals surface area contributed by atoms with Gasteiger partial charge in [0.25, 0.3) is 11.8 Å². The van der Waals surface area contributed by atoms with Crippen LogP contribution in [0, 0.1) is 12.7 Å². The van der Waals surface area contributed by atoms with Crippen molar-refractivity contribution in [2.75, 3.05) is 60.5 Å². The summed E-state index contributed by atoms with van der Waals surface area (Å²) in [5.74, 6) is -0.862. The Bertz CT molecular complexity index is 1430. The number of nitrogens with zero attached hydrogens (tertiary/aromatic N) is 7. The van der Waals surface area contributed by atoms with Crippen molar-refractivity contribution in [2.24, 2.45) is 0 Å². The number of benzene rings is 1. The average Bonchev–Trinajstić information content (AvgIpc) is 3.47. The van der Waals surface area contributed by atoms with Gasteiger partial charge in [-0.25, -0.2) is 23.1 Å². The van der Waals surface area contributed by atoms with Gasteiger partial charge in [0.05, 0.1) is 11.3 Å². The first-order valence-electron chi connectivity index (χ1n) is 15.7. The number of hydrogen-bond donors (Lipinski definition) is 0. The Morgan fingerprint density at radius 3 is 2.18 bits per heavy atom. The van der Waals surface area contributed by atoms with Crippen LogP contribution in [0.15, 0.2) is 42.6 Å². The number of aryl methyl sites for hydroxylation is 1. The van der Waals surface area contributed by atoms with Crippen LogP contribution in [0.4, 0.5) is 30.8 Å². The molecular weight excluding hydrogens is 567 g/mol. The van der Waals surface area contributed by atoms with Crippen LogP contribution < -0.4 is 14.7 Å². The van der Waals surface area contributed by atoms with Crippen molar-refractivity contribution in [3.8, 4) is 11.3 Å². The van der Waals surface area contributed by atoms with Crippen molar-refractivity contribution < 1.29 is 18.0 Å². The Morgan fingerprint density at radius 1 is 0.909 bits per heavy atom. The Labute approximate surface area is 257 Å². The molecule has 1 unspecified atom stereocenters. The number of piperazine rings is 1. The van der Waals surface area contributed by atoms with E-state index in [1.807, 2.05) is 32.9 Å². The second-order valence-corrected chi connectivity index (χ2v) is 11.6. The quantitative estimate of drug-likeness (QED) is 0.341. The van der Waals surface area contributed by atoms with Crippen LogP contribution in [-0.4, -0.2) is 83.5 Å². The third-order valence-electron chi connectivity index (χ3n) is 8.63. The Morgan fingerprint density at radius 2 is 1.57 bits per heavy atom. The number of anilines is 3. The van der Waals surface area contributed by atoms with Gasteiger partial charge in [-0.1, -0.05) is 13.8 Å². The second kappa shape index (κ2) is 13.4. The van der Waals surface area contributed by atoms with Crippen LogP contribution in [0.3, 0.4) is 0 Å². The lowest BCUT2D eigenvalue weighted by molar-refractivity contribution is -0.0494. The largest absolute Gasteiger partial charge is 0.353 e. The van der Waals surface area contributed by atoms with Crippen molar-refractivity contribution >= 4 is 23.5 Å². The SMILES string of the molecule is CC.Cc1cc(C(=O)N2CCC(F)(F)CC2)cnc1N1CCN(c2cc(-c3ccc(F)cc3)nc(N3CCCC3C)n2)CC1. The van der Waals surface area contributed by atoms with Crippen LogP contribution in [0.1, 0.15) is 62.4 Å². The normalized spacial score (nSPS) is 19.9. The highest BCUT2D eigenvalue weighted by atomic mass is 19.3. The van der Waals surface area contributed by atoms with Crippen LogP contribution in [0.5, 0.6) is 0 Å². The highest BCUT2D eigenvalue weighted by molar-refractivity contribution is 5.94. The topological polar surface area (TPSA) is 68.7 Å². The number of aromatic nitrogens is 3. The molecule has 0 spiro atoms. The molecule has 2 aromatic heterocycles. The van der Waals surface area contributed by atoms with Crippen LogP contribution in [0.2, 0.25) is 0 Å². The Hall–Kier alpha value is -3.89. The Kier molecular flexibility index (Phi) is 9.60. The van der Waals surface area contributed by atoms with Gasteiger partial charge in [0.15, 0.2) is 0 Å². The van der Waals surface area contributed by atoms with Crippen LogP contribution in [-0.2, 0) is 0 Å². The van der Waals surface area contributed by atoms with E-state index in [1.54, 1.807) is 18.3 Å². The van der Waals surface area contributed by atoms with Crippen molar-refractivity contribution in [1.29, 1.82) is 0 Å². The molecule has 0 saturated carbocycles. The maximum atomic E-state index is 13.6. The molecule has 3 aliphatic heterocycles. The fraction of sp³-hybridized carbons (Fsp3) is 0.515. The highest BCUT2D eigenvalue weighted by Gasteiger charge is 2.36. The summed E-state index contributed by atoms with van der Waals surface area (Å²) < 4.78 is 40.7. The molecule has 0 bridgehead atoms. The first-order valence-corrected chi connectivity index (χ1v) is 15.7. The minimum Gasteiger partial charge on any atom is -0.353 e. The molecule has 1 amide bonds. The standard InChI is InChI=1S/C31H36F3N7O.C2H6/c1-21-18-24(29(42)40-12-9-31(33,34)10-13-40)20-35-28(21)39-16-14-38(15-17-39)27-19-26(23-5-7-25(32)8-6-23)36-30(37-27)41-11-3-4-22(41)2;1-2/h5-8,18-20,22H,3-4,9-17H2,1-2H3;1-2H3.